The average Bonchev–Trinajstić information content (AvgIpc) is 2.77. The second kappa shape index (κ2) is 5.22. The molecule has 1 saturated carbocycles. The van der Waals surface area contributed by atoms with E-state index in [0.29, 0.717) is 12.0 Å². The lowest BCUT2D eigenvalue weighted by atomic mass is 9.83. The van der Waals surface area contributed by atoms with Crippen LogP contribution in [-0.2, 0) is 0 Å². The molecule has 4 nitrogen and oxygen atoms in total. The number of anilines is 1. The van der Waals surface area contributed by atoms with E-state index in [1.165, 1.54) is 25.7 Å². The first-order valence-electron chi connectivity index (χ1n) is 7.09. The SMILES string of the molecule is OCCC1CCCN1c1ccc(C2CCC2)nn1. The maximum Gasteiger partial charge on any atom is 0.151 e. The van der Waals surface area contributed by atoms with Gasteiger partial charge in [-0.2, -0.15) is 5.10 Å². The van der Waals surface area contributed by atoms with Crippen molar-refractivity contribution in [2.45, 2.75) is 50.5 Å². The first kappa shape index (κ1) is 11.9. The number of aliphatic hydroxyl groups is 1. The van der Waals surface area contributed by atoms with Crippen LogP contribution >= 0.6 is 0 Å². The van der Waals surface area contributed by atoms with Gasteiger partial charge in [-0.15, -0.1) is 5.10 Å². The van der Waals surface area contributed by atoms with Gasteiger partial charge in [0.05, 0.1) is 5.69 Å². The molecule has 0 radical (unpaired) electrons. The van der Waals surface area contributed by atoms with Crippen LogP contribution in [0.1, 0.15) is 50.1 Å². The quantitative estimate of drug-likeness (QED) is 0.885. The molecule has 4 heteroatoms. The lowest BCUT2D eigenvalue weighted by molar-refractivity contribution is 0.275. The van der Waals surface area contributed by atoms with Crippen molar-refractivity contribution >= 4 is 5.82 Å². The normalized spacial score (nSPS) is 24.3. The average molecular weight is 247 g/mol. The third kappa shape index (κ3) is 2.21. The Hall–Kier alpha value is -1.16. The molecule has 0 bridgehead atoms. The van der Waals surface area contributed by atoms with Gasteiger partial charge in [0, 0.05) is 25.1 Å². The largest absolute Gasteiger partial charge is 0.396 e. The number of aromatic nitrogens is 2. The van der Waals surface area contributed by atoms with Crippen LogP contribution in [0.2, 0.25) is 0 Å². The van der Waals surface area contributed by atoms with Crippen LogP contribution in [0.4, 0.5) is 5.82 Å². The Morgan fingerprint density at radius 2 is 2.06 bits per heavy atom. The highest BCUT2D eigenvalue weighted by atomic mass is 16.3. The van der Waals surface area contributed by atoms with Crippen molar-refractivity contribution in [3.63, 3.8) is 0 Å². The highest BCUT2D eigenvalue weighted by Crippen LogP contribution is 2.35. The topological polar surface area (TPSA) is 49.2 Å². The van der Waals surface area contributed by atoms with Gasteiger partial charge in [-0.05, 0) is 44.2 Å². The van der Waals surface area contributed by atoms with Gasteiger partial charge < -0.3 is 10.0 Å². The Bertz CT molecular complexity index is 389. The van der Waals surface area contributed by atoms with Crippen molar-refractivity contribution in [2.24, 2.45) is 0 Å². The molecule has 1 atom stereocenters. The van der Waals surface area contributed by atoms with Gasteiger partial charge in [-0.3, -0.25) is 0 Å². The van der Waals surface area contributed by atoms with E-state index in [9.17, 15) is 0 Å². The van der Waals surface area contributed by atoms with Crippen LogP contribution in [0, 0.1) is 0 Å². The summed E-state index contributed by atoms with van der Waals surface area (Å²) in [5.41, 5.74) is 1.16. The van der Waals surface area contributed by atoms with Gasteiger partial charge in [0.2, 0.25) is 0 Å². The molecule has 3 rings (SSSR count). The van der Waals surface area contributed by atoms with Gasteiger partial charge in [-0.25, -0.2) is 0 Å². The van der Waals surface area contributed by atoms with Crippen molar-refractivity contribution in [3.05, 3.63) is 17.8 Å². The molecule has 2 heterocycles. The van der Waals surface area contributed by atoms with E-state index in [2.05, 4.69) is 27.2 Å². The third-order valence-corrected chi connectivity index (χ3v) is 4.33. The summed E-state index contributed by atoms with van der Waals surface area (Å²) in [5, 5.41) is 17.9. The summed E-state index contributed by atoms with van der Waals surface area (Å²) in [6.45, 7) is 1.30. The molecule has 2 aliphatic rings. The summed E-state index contributed by atoms with van der Waals surface area (Å²) in [6.07, 6.45) is 7.06. The summed E-state index contributed by atoms with van der Waals surface area (Å²) in [6, 6.07) is 4.69. The monoisotopic (exact) mass is 247 g/mol. The zero-order valence-corrected chi connectivity index (χ0v) is 10.8. The predicted octanol–water partition coefficient (Wildman–Crippen LogP) is 2.10. The highest BCUT2D eigenvalue weighted by molar-refractivity contribution is 5.40. The number of nitrogens with zero attached hydrogens (tertiary/aromatic N) is 3. The summed E-state index contributed by atoms with van der Waals surface area (Å²) >= 11 is 0. The predicted molar refractivity (Wildman–Crippen MR) is 70.7 cm³/mol. The summed E-state index contributed by atoms with van der Waals surface area (Å²) < 4.78 is 0. The number of aliphatic hydroxyl groups excluding tert-OH is 1. The van der Waals surface area contributed by atoms with Crippen LogP contribution in [0.5, 0.6) is 0 Å². The number of hydrogen-bond acceptors (Lipinski definition) is 4. The van der Waals surface area contributed by atoms with Crippen LogP contribution in [0.15, 0.2) is 12.1 Å². The van der Waals surface area contributed by atoms with Gasteiger partial charge in [0.15, 0.2) is 5.82 Å². The van der Waals surface area contributed by atoms with E-state index < -0.39 is 0 Å². The van der Waals surface area contributed by atoms with Crippen molar-refractivity contribution in [3.8, 4) is 0 Å². The first-order chi connectivity index (χ1) is 8.88. The second-order valence-electron chi connectivity index (χ2n) is 5.45. The van der Waals surface area contributed by atoms with E-state index in [-0.39, 0.29) is 6.61 Å². The zero-order chi connectivity index (χ0) is 12.4. The summed E-state index contributed by atoms with van der Waals surface area (Å²) in [5.74, 6) is 1.63. The van der Waals surface area contributed by atoms with Crippen LogP contribution < -0.4 is 4.90 Å². The standard InChI is InChI=1S/C14H21N3O/c18-10-8-12-5-2-9-17(12)14-7-6-13(15-16-14)11-3-1-4-11/h6-7,11-12,18H,1-5,8-10H2. The number of rotatable bonds is 4. The molecule has 2 fully saturated rings. The molecular formula is C14H21N3O. The van der Waals surface area contributed by atoms with Crippen LogP contribution in [0.3, 0.4) is 0 Å². The summed E-state index contributed by atoms with van der Waals surface area (Å²) in [4.78, 5) is 2.30. The van der Waals surface area contributed by atoms with Gasteiger partial charge in [0.25, 0.3) is 0 Å². The van der Waals surface area contributed by atoms with Crippen molar-refractivity contribution in [1.29, 1.82) is 0 Å². The van der Waals surface area contributed by atoms with E-state index in [0.717, 1.165) is 30.9 Å². The van der Waals surface area contributed by atoms with Crippen molar-refractivity contribution in [1.82, 2.24) is 10.2 Å². The minimum Gasteiger partial charge on any atom is -0.396 e. The van der Waals surface area contributed by atoms with Gasteiger partial charge >= 0.3 is 0 Å². The smallest absolute Gasteiger partial charge is 0.151 e. The van der Waals surface area contributed by atoms with Gasteiger partial charge in [-0.1, -0.05) is 6.42 Å². The Morgan fingerprint density at radius 3 is 2.67 bits per heavy atom. The first-order valence-corrected chi connectivity index (χ1v) is 7.09. The molecule has 1 N–H and O–H groups in total. The van der Waals surface area contributed by atoms with E-state index in [1.54, 1.807) is 0 Å². The molecule has 98 valence electrons. The molecule has 1 unspecified atom stereocenters. The zero-order valence-electron chi connectivity index (χ0n) is 10.8. The van der Waals surface area contributed by atoms with Crippen LogP contribution in [0.25, 0.3) is 0 Å². The molecule has 0 aromatic carbocycles. The van der Waals surface area contributed by atoms with E-state index in [1.807, 2.05) is 0 Å². The Balaban J connectivity index is 1.71. The Kier molecular flexibility index (Phi) is 3.46. The fraction of sp³-hybridized carbons (Fsp3) is 0.714. The lowest BCUT2D eigenvalue weighted by Gasteiger charge is -2.27. The fourth-order valence-corrected chi connectivity index (χ4v) is 3.00. The van der Waals surface area contributed by atoms with Gasteiger partial charge in [0.1, 0.15) is 0 Å². The second-order valence-corrected chi connectivity index (χ2v) is 5.45. The molecule has 1 aromatic heterocycles. The number of hydrogen-bond donors (Lipinski definition) is 1. The molecule has 1 saturated heterocycles. The van der Waals surface area contributed by atoms with E-state index in [4.69, 9.17) is 5.11 Å². The minimum atomic E-state index is 0.259. The molecule has 1 aliphatic carbocycles. The van der Waals surface area contributed by atoms with Crippen molar-refractivity contribution < 1.29 is 5.11 Å². The maximum atomic E-state index is 9.09. The molecule has 18 heavy (non-hydrogen) atoms. The van der Waals surface area contributed by atoms with Crippen molar-refractivity contribution in [2.75, 3.05) is 18.1 Å². The van der Waals surface area contributed by atoms with E-state index >= 15 is 0 Å². The molecule has 1 aromatic rings. The molecule has 0 amide bonds. The lowest BCUT2D eigenvalue weighted by Crippen LogP contribution is -2.31. The Labute approximate surface area is 108 Å². The molecule has 1 aliphatic heterocycles. The van der Waals surface area contributed by atoms with Crippen LogP contribution in [-0.4, -0.2) is 34.5 Å². The Morgan fingerprint density at radius 1 is 1.17 bits per heavy atom. The molecule has 0 spiro atoms. The fourth-order valence-electron chi connectivity index (χ4n) is 3.00. The maximum absolute atomic E-state index is 9.09. The highest BCUT2D eigenvalue weighted by Gasteiger charge is 2.26. The third-order valence-electron chi connectivity index (χ3n) is 4.33. The molecular weight excluding hydrogens is 226 g/mol. The summed E-state index contributed by atoms with van der Waals surface area (Å²) in [7, 11) is 0. The minimum absolute atomic E-state index is 0.259.